The predicted octanol–water partition coefficient (Wildman–Crippen LogP) is 2.66. The molecular weight excluding hydrogens is 557 g/mol. The molecule has 0 radical (unpaired) electrons. The Labute approximate surface area is 232 Å². The second-order valence-electron chi connectivity index (χ2n) is 9.42. The number of hydrazine groups is 2. The van der Waals surface area contributed by atoms with Gasteiger partial charge in [-0.3, -0.25) is 10.4 Å². The summed E-state index contributed by atoms with van der Waals surface area (Å²) in [7, 11) is 1.59. The van der Waals surface area contributed by atoms with E-state index in [9.17, 15) is 24.1 Å². The molecule has 1 aromatic heterocycles. The molecule has 39 heavy (non-hydrogen) atoms. The van der Waals surface area contributed by atoms with Gasteiger partial charge in [0.1, 0.15) is 52.9 Å². The first-order chi connectivity index (χ1) is 18.5. The lowest BCUT2D eigenvalue weighted by Gasteiger charge is -2.46. The number of hydrogen-bond acceptors (Lipinski definition) is 9. The summed E-state index contributed by atoms with van der Waals surface area (Å²) in [4.78, 5) is 4.50. The standard InChI is InChI=1S/C25H26Cl2F2N6O4/c1-11-4-5-14(26)8-18(11)35-25(30-12(2)31-35)24-23(38)21(22(37)19(10-36)39-24)34-9-17(32-33(34)3)13-6-15(28)20(27)16(29)7-13/h4-9,19,21-24,32,36-38H,10H2,1-3H3/t19-,21+,22+,23-,24-/m1/s1. The molecule has 2 aliphatic heterocycles. The van der Waals surface area contributed by atoms with Crippen molar-refractivity contribution in [1.29, 1.82) is 0 Å². The van der Waals surface area contributed by atoms with Crippen LogP contribution in [0.4, 0.5) is 8.78 Å². The summed E-state index contributed by atoms with van der Waals surface area (Å²) in [6.07, 6.45) is -3.53. The molecule has 0 amide bonds. The largest absolute Gasteiger partial charge is 0.394 e. The second-order valence-corrected chi connectivity index (χ2v) is 10.2. The summed E-state index contributed by atoms with van der Waals surface area (Å²) < 4.78 is 35.7. The number of aromatic nitrogens is 3. The van der Waals surface area contributed by atoms with Crippen LogP contribution >= 0.6 is 23.2 Å². The number of aliphatic hydroxyl groups excluding tert-OH is 3. The molecule has 4 N–H and O–H groups in total. The van der Waals surface area contributed by atoms with Crippen molar-refractivity contribution >= 4 is 28.9 Å². The van der Waals surface area contributed by atoms with Crippen molar-refractivity contribution < 1.29 is 28.8 Å². The molecule has 3 heterocycles. The van der Waals surface area contributed by atoms with Crippen molar-refractivity contribution in [2.45, 2.75) is 44.3 Å². The van der Waals surface area contributed by atoms with Crippen LogP contribution in [0.1, 0.15) is 28.9 Å². The van der Waals surface area contributed by atoms with E-state index in [0.717, 1.165) is 17.7 Å². The van der Waals surface area contributed by atoms with Gasteiger partial charge in [-0.2, -0.15) is 5.10 Å². The first kappa shape index (κ1) is 27.7. The molecule has 14 heteroatoms. The lowest BCUT2D eigenvalue weighted by atomic mass is 9.91. The third kappa shape index (κ3) is 4.97. The highest BCUT2D eigenvalue weighted by molar-refractivity contribution is 6.31. The van der Waals surface area contributed by atoms with E-state index < -0.39 is 53.7 Å². The monoisotopic (exact) mass is 582 g/mol. The zero-order chi connectivity index (χ0) is 28.2. The molecule has 2 aliphatic rings. The summed E-state index contributed by atoms with van der Waals surface area (Å²) in [6.45, 7) is 3.00. The molecule has 0 spiro atoms. The molecule has 208 valence electrons. The quantitative estimate of drug-likeness (QED) is 0.336. The van der Waals surface area contributed by atoms with Crippen LogP contribution in [0.2, 0.25) is 10.0 Å². The molecule has 0 aliphatic carbocycles. The van der Waals surface area contributed by atoms with Gasteiger partial charge in [0.25, 0.3) is 0 Å². The van der Waals surface area contributed by atoms with E-state index in [-0.39, 0.29) is 17.1 Å². The van der Waals surface area contributed by atoms with Crippen LogP contribution in [0.25, 0.3) is 11.4 Å². The number of nitrogens with zero attached hydrogens (tertiary/aromatic N) is 5. The van der Waals surface area contributed by atoms with Crippen molar-refractivity contribution in [3.8, 4) is 5.69 Å². The minimum atomic E-state index is -1.40. The van der Waals surface area contributed by atoms with E-state index in [1.54, 1.807) is 26.1 Å². The fraction of sp³-hybridized carbons (Fsp3) is 0.360. The third-order valence-electron chi connectivity index (χ3n) is 6.77. The Morgan fingerprint density at radius 1 is 1.08 bits per heavy atom. The molecule has 0 bridgehead atoms. The fourth-order valence-corrected chi connectivity index (χ4v) is 5.12. The molecule has 1 saturated heterocycles. The molecule has 0 saturated carbocycles. The van der Waals surface area contributed by atoms with E-state index >= 15 is 0 Å². The van der Waals surface area contributed by atoms with Crippen molar-refractivity contribution in [3.05, 3.63) is 81.0 Å². The Hall–Kier alpha value is -2.84. The second kappa shape index (κ2) is 10.6. The van der Waals surface area contributed by atoms with Gasteiger partial charge in [0, 0.05) is 23.8 Å². The van der Waals surface area contributed by atoms with Crippen LogP contribution in [0.5, 0.6) is 0 Å². The smallest absolute Gasteiger partial charge is 0.164 e. The van der Waals surface area contributed by atoms with Crippen LogP contribution in [-0.4, -0.2) is 78.2 Å². The Morgan fingerprint density at radius 3 is 2.44 bits per heavy atom. The average molecular weight is 583 g/mol. The SMILES string of the molecule is Cc1nc([C@@H]2O[C@H](CO)[C@H](O)[C@H](N3C=C(c4cc(F)c(Cl)c(F)c4)NN3C)[C@H]2O)n(-c2cc(Cl)ccc2C)n1. The predicted molar refractivity (Wildman–Crippen MR) is 138 cm³/mol. The van der Waals surface area contributed by atoms with Crippen molar-refractivity contribution in [1.82, 2.24) is 30.3 Å². The maximum Gasteiger partial charge on any atom is 0.164 e. The molecule has 1 fully saturated rings. The number of nitrogens with one attached hydrogen (secondary N) is 1. The van der Waals surface area contributed by atoms with Crippen LogP contribution < -0.4 is 5.43 Å². The van der Waals surface area contributed by atoms with E-state index in [4.69, 9.17) is 27.9 Å². The van der Waals surface area contributed by atoms with E-state index in [0.29, 0.717) is 16.5 Å². The van der Waals surface area contributed by atoms with Crippen LogP contribution in [-0.2, 0) is 4.74 Å². The van der Waals surface area contributed by atoms with Gasteiger partial charge >= 0.3 is 0 Å². The summed E-state index contributed by atoms with van der Waals surface area (Å²) >= 11 is 11.9. The molecule has 3 aromatic rings. The van der Waals surface area contributed by atoms with Gasteiger partial charge in [0.2, 0.25) is 0 Å². The van der Waals surface area contributed by atoms with Gasteiger partial charge in [-0.05, 0) is 43.7 Å². The summed E-state index contributed by atoms with van der Waals surface area (Å²) in [5.74, 6) is -1.24. The highest BCUT2D eigenvalue weighted by atomic mass is 35.5. The Balaban J connectivity index is 1.55. The van der Waals surface area contributed by atoms with E-state index in [1.807, 2.05) is 13.0 Å². The van der Waals surface area contributed by atoms with Gasteiger partial charge in [-0.25, -0.2) is 18.4 Å². The number of hydrogen-bond donors (Lipinski definition) is 4. The number of halogens is 4. The van der Waals surface area contributed by atoms with Gasteiger partial charge in [0.15, 0.2) is 5.82 Å². The molecular formula is C25H26Cl2F2N6O4. The zero-order valence-corrected chi connectivity index (χ0v) is 22.6. The Morgan fingerprint density at radius 2 is 1.77 bits per heavy atom. The maximum absolute atomic E-state index is 14.1. The lowest BCUT2D eigenvalue weighted by Crippen LogP contribution is -2.63. The summed E-state index contributed by atoms with van der Waals surface area (Å²) in [5.41, 5.74) is 4.84. The first-order valence-corrected chi connectivity index (χ1v) is 12.7. The number of aliphatic hydroxyl groups is 3. The number of rotatable bonds is 5. The zero-order valence-electron chi connectivity index (χ0n) is 21.1. The van der Waals surface area contributed by atoms with E-state index in [2.05, 4.69) is 15.5 Å². The van der Waals surface area contributed by atoms with Gasteiger partial charge in [-0.15, -0.1) is 5.12 Å². The van der Waals surface area contributed by atoms with Gasteiger partial charge < -0.3 is 20.1 Å². The van der Waals surface area contributed by atoms with Crippen LogP contribution in [0, 0.1) is 25.5 Å². The van der Waals surface area contributed by atoms with Gasteiger partial charge in [-0.1, -0.05) is 29.3 Å². The molecule has 5 atom stereocenters. The molecule has 2 aromatic carbocycles. The summed E-state index contributed by atoms with van der Waals surface area (Å²) in [6, 6.07) is 6.31. The fourth-order valence-electron chi connectivity index (χ4n) is 4.85. The molecule has 10 nitrogen and oxygen atoms in total. The minimum Gasteiger partial charge on any atom is -0.394 e. The number of benzene rings is 2. The number of ether oxygens (including phenoxy) is 1. The van der Waals surface area contributed by atoms with Gasteiger partial charge in [0.05, 0.1) is 18.0 Å². The van der Waals surface area contributed by atoms with Crippen LogP contribution in [0.15, 0.2) is 36.5 Å². The Bertz CT molecular complexity index is 1420. The lowest BCUT2D eigenvalue weighted by molar-refractivity contribution is -0.234. The molecule has 0 unspecified atom stereocenters. The summed E-state index contributed by atoms with van der Waals surface area (Å²) in [5, 5.41) is 40.0. The normalized spacial score (nSPS) is 25.6. The van der Waals surface area contributed by atoms with Crippen molar-refractivity contribution in [3.63, 3.8) is 0 Å². The molecule has 5 rings (SSSR count). The van der Waals surface area contributed by atoms with Crippen molar-refractivity contribution in [2.24, 2.45) is 0 Å². The number of aryl methyl sites for hydroxylation is 2. The maximum atomic E-state index is 14.1. The average Bonchev–Trinajstić information content (AvgIpc) is 3.46. The van der Waals surface area contributed by atoms with Crippen LogP contribution in [0.3, 0.4) is 0 Å². The highest BCUT2D eigenvalue weighted by Crippen LogP contribution is 2.37. The highest BCUT2D eigenvalue weighted by Gasteiger charge is 2.50. The van der Waals surface area contributed by atoms with E-state index in [1.165, 1.54) is 21.0 Å². The first-order valence-electron chi connectivity index (χ1n) is 12.0. The topological polar surface area (TPSA) is 119 Å². The minimum absolute atomic E-state index is 0.154. The Kier molecular flexibility index (Phi) is 7.55. The third-order valence-corrected chi connectivity index (χ3v) is 7.37. The van der Waals surface area contributed by atoms with Crippen molar-refractivity contribution in [2.75, 3.05) is 13.7 Å².